The molecule has 6 heteroatoms. The smallest absolute Gasteiger partial charge is 0.290 e. The Hall–Kier alpha value is -1.66. The number of aliphatic hydroxyl groups excluding tert-OH is 1. The quantitative estimate of drug-likeness (QED) is 0.765. The summed E-state index contributed by atoms with van der Waals surface area (Å²) >= 11 is 3.46. The van der Waals surface area contributed by atoms with Crippen molar-refractivity contribution in [2.45, 2.75) is 32.7 Å². The molecule has 0 bridgehead atoms. The van der Waals surface area contributed by atoms with Crippen LogP contribution in [0, 0.1) is 5.92 Å². The Kier molecular flexibility index (Phi) is 5.82. The van der Waals surface area contributed by atoms with Crippen molar-refractivity contribution in [3.05, 3.63) is 45.6 Å². The molecule has 0 aliphatic carbocycles. The molecule has 1 fully saturated rings. The fourth-order valence-corrected chi connectivity index (χ4v) is 4.14. The normalized spacial score (nSPS) is 21.3. The Bertz CT molecular complexity index is 738. The second-order valence-corrected chi connectivity index (χ2v) is 8.20. The van der Waals surface area contributed by atoms with Gasteiger partial charge in [0.1, 0.15) is 0 Å². The predicted molar refractivity (Wildman–Crippen MR) is 104 cm³/mol. The van der Waals surface area contributed by atoms with E-state index in [-0.39, 0.29) is 17.3 Å². The summed E-state index contributed by atoms with van der Waals surface area (Å²) in [4.78, 5) is 29.5. The molecule has 5 nitrogen and oxygen atoms in total. The molecule has 3 rings (SSSR count). The van der Waals surface area contributed by atoms with E-state index in [9.17, 15) is 14.7 Å². The Morgan fingerprint density at radius 1 is 1.27 bits per heavy atom. The second kappa shape index (κ2) is 7.92. The molecule has 0 spiro atoms. The van der Waals surface area contributed by atoms with Gasteiger partial charge in [0.2, 0.25) is 0 Å². The van der Waals surface area contributed by atoms with E-state index in [0.717, 1.165) is 29.7 Å². The zero-order valence-corrected chi connectivity index (χ0v) is 16.8. The molecule has 1 amide bonds. The molecule has 1 N–H and O–H groups in total. The van der Waals surface area contributed by atoms with Crippen LogP contribution >= 0.6 is 15.9 Å². The lowest BCUT2D eigenvalue weighted by molar-refractivity contribution is -0.129. The molecule has 1 saturated heterocycles. The molecule has 2 heterocycles. The van der Waals surface area contributed by atoms with Gasteiger partial charge in [0, 0.05) is 23.5 Å². The lowest BCUT2D eigenvalue weighted by Crippen LogP contribution is -2.38. The van der Waals surface area contributed by atoms with E-state index < -0.39 is 17.7 Å². The van der Waals surface area contributed by atoms with E-state index in [1.807, 2.05) is 24.3 Å². The van der Waals surface area contributed by atoms with Gasteiger partial charge in [0.25, 0.3) is 5.91 Å². The Labute approximate surface area is 162 Å². The van der Waals surface area contributed by atoms with Crippen molar-refractivity contribution >= 4 is 27.6 Å². The molecular weight excluding hydrogens is 396 g/mol. The predicted octanol–water partition coefficient (Wildman–Crippen LogP) is 3.47. The van der Waals surface area contributed by atoms with Crippen molar-refractivity contribution in [3.8, 4) is 0 Å². The van der Waals surface area contributed by atoms with Gasteiger partial charge in [-0.05, 0) is 43.6 Å². The first-order chi connectivity index (χ1) is 12.4. The van der Waals surface area contributed by atoms with Crippen LogP contribution in [0.15, 0.2) is 40.1 Å². The number of hydrogen-bond acceptors (Lipinski definition) is 4. The van der Waals surface area contributed by atoms with Crippen molar-refractivity contribution in [2.75, 3.05) is 26.2 Å². The third kappa shape index (κ3) is 3.71. The number of carbonyl (C=O) groups is 2. The number of nitrogens with zero attached hydrogens (tertiary/aromatic N) is 2. The lowest BCUT2D eigenvalue weighted by Gasteiger charge is -2.29. The Morgan fingerprint density at radius 2 is 1.96 bits per heavy atom. The van der Waals surface area contributed by atoms with Gasteiger partial charge in [-0.2, -0.15) is 0 Å². The highest BCUT2D eigenvalue weighted by Crippen LogP contribution is 2.39. The minimum absolute atomic E-state index is 0.176. The summed E-state index contributed by atoms with van der Waals surface area (Å²) in [6.45, 7) is 6.92. The van der Waals surface area contributed by atoms with Crippen LogP contribution in [0.25, 0.3) is 0 Å². The summed E-state index contributed by atoms with van der Waals surface area (Å²) in [6.07, 6.45) is 2.37. The Balaban J connectivity index is 1.94. The SMILES string of the molecule is CC(C)C(=O)C1=C(O)C(=O)N(CCN2CCCC2)C1c1cccc(Br)c1. The molecule has 140 valence electrons. The fourth-order valence-electron chi connectivity index (χ4n) is 3.73. The molecule has 2 aliphatic rings. The first-order valence-electron chi connectivity index (χ1n) is 9.16. The molecule has 1 aromatic carbocycles. The average molecular weight is 421 g/mol. The number of benzene rings is 1. The standard InChI is InChI=1S/C20H25BrN2O3/c1-13(2)18(24)16-17(14-6-5-7-15(21)12-14)23(20(26)19(16)25)11-10-22-8-3-4-9-22/h5-7,12-13,17,25H,3-4,8-11H2,1-2H3. The third-order valence-electron chi connectivity index (χ3n) is 5.11. The van der Waals surface area contributed by atoms with Crippen LogP contribution in [0.4, 0.5) is 0 Å². The number of ketones is 1. The van der Waals surface area contributed by atoms with Gasteiger partial charge in [-0.15, -0.1) is 0 Å². The van der Waals surface area contributed by atoms with Gasteiger partial charge in [0.15, 0.2) is 11.5 Å². The molecule has 1 unspecified atom stereocenters. The molecule has 2 aliphatic heterocycles. The van der Waals surface area contributed by atoms with E-state index in [0.29, 0.717) is 6.54 Å². The number of likely N-dealkylation sites (tertiary alicyclic amines) is 1. The van der Waals surface area contributed by atoms with Gasteiger partial charge in [-0.25, -0.2) is 0 Å². The van der Waals surface area contributed by atoms with Gasteiger partial charge in [0.05, 0.1) is 11.6 Å². The highest BCUT2D eigenvalue weighted by molar-refractivity contribution is 9.10. The van der Waals surface area contributed by atoms with E-state index in [1.54, 1.807) is 18.7 Å². The zero-order chi connectivity index (χ0) is 18.8. The number of hydrogen-bond donors (Lipinski definition) is 1. The molecule has 26 heavy (non-hydrogen) atoms. The van der Waals surface area contributed by atoms with Crippen molar-refractivity contribution in [2.24, 2.45) is 5.92 Å². The molecule has 0 radical (unpaired) electrons. The molecular formula is C20H25BrN2O3. The summed E-state index contributed by atoms with van der Waals surface area (Å²) in [6, 6.07) is 7.07. The molecule has 0 saturated carbocycles. The van der Waals surface area contributed by atoms with Crippen LogP contribution in [0.3, 0.4) is 0 Å². The maximum atomic E-state index is 12.8. The minimum Gasteiger partial charge on any atom is -0.503 e. The summed E-state index contributed by atoms with van der Waals surface area (Å²) in [5.74, 6) is -1.30. The van der Waals surface area contributed by atoms with E-state index >= 15 is 0 Å². The van der Waals surface area contributed by atoms with Crippen molar-refractivity contribution in [1.29, 1.82) is 0 Å². The van der Waals surface area contributed by atoms with Crippen LogP contribution in [0.1, 0.15) is 38.3 Å². The highest BCUT2D eigenvalue weighted by atomic mass is 79.9. The Morgan fingerprint density at radius 3 is 2.58 bits per heavy atom. The van der Waals surface area contributed by atoms with Crippen molar-refractivity contribution in [3.63, 3.8) is 0 Å². The number of Topliss-reactive ketones (excluding diaryl/α,β-unsaturated/α-hetero) is 1. The number of halogens is 1. The summed E-state index contributed by atoms with van der Waals surface area (Å²) in [5.41, 5.74) is 1.06. The van der Waals surface area contributed by atoms with Crippen LogP contribution in [0.2, 0.25) is 0 Å². The largest absolute Gasteiger partial charge is 0.503 e. The van der Waals surface area contributed by atoms with E-state index in [1.165, 1.54) is 12.8 Å². The average Bonchev–Trinajstić information content (AvgIpc) is 3.20. The van der Waals surface area contributed by atoms with Crippen LogP contribution < -0.4 is 0 Å². The van der Waals surface area contributed by atoms with Crippen molar-refractivity contribution in [1.82, 2.24) is 9.80 Å². The molecule has 1 atom stereocenters. The van der Waals surface area contributed by atoms with Gasteiger partial charge < -0.3 is 14.9 Å². The van der Waals surface area contributed by atoms with E-state index in [2.05, 4.69) is 20.8 Å². The fraction of sp³-hybridized carbons (Fsp3) is 0.500. The second-order valence-electron chi connectivity index (χ2n) is 7.29. The van der Waals surface area contributed by atoms with Crippen LogP contribution in [-0.2, 0) is 9.59 Å². The first-order valence-corrected chi connectivity index (χ1v) is 9.95. The highest BCUT2D eigenvalue weighted by Gasteiger charge is 2.43. The molecule has 0 aromatic heterocycles. The third-order valence-corrected chi connectivity index (χ3v) is 5.61. The number of amides is 1. The number of rotatable bonds is 6. The van der Waals surface area contributed by atoms with Crippen LogP contribution in [-0.4, -0.2) is 52.8 Å². The number of carbonyl (C=O) groups excluding carboxylic acids is 2. The summed E-state index contributed by atoms with van der Waals surface area (Å²) in [5, 5.41) is 10.5. The monoisotopic (exact) mass is 420 g/mol. The van der Waals surface area contributed by atoms with E-state index in [4.69, 9.17) is 0 Å². The first kappa shape index (κ1) is 19.1. The summed E-state index contributed by atoms with van der Waals surface area (Å²) < 4.78 is 0.879. The topological polar surface area (TPSA) is 60.9 Å². The zero-order valence-electron chi connectivity index (χ0n) is 15.2. The van der Waals surface area contributed by atoms with Crippen molar-refractivity contribution < 1.29 is 14.7 Å². The minimum atomic E-state index is -0.530. The number of aliphatic hydroxyl groups is 1. The lowest BCUT2D eigenvalue weighted by atomic mass is 9.91. The summed E-state index contributed by atoms with van der Waals surface area (Å²) in [7, 11) is 0. The maximum absolute atomic E-state index is 12.8. The van der Waals surface area contributed by atoms with Crippen LogP contribution in [0.5, 0.6) is 0 Å². The van der Waals surface area contributed by atoms with Gasteiger partial charge in [-0.1, -0.05) is 41.9 Å². The molecule has 1 aromatic rings. The van der Waals surface area contributed by atoms with Gasteiger partial charge in [-0.3, -0.25) is 9.59 Å². The van der Waals surface area contributed by atoms with Gasteiger partial charge >= 0.3 is 0 Å². The maximum Gasteiger partial charge on any atom is 0.290 e.